The molecule has 0 spiro atoms. The second-order valence-corrected chi connectivity index (χ2v) is 11.2. The molecule has 3 aromatic carbocycles. The summed E-state index contributed by atoms with van der Waals surface area (Å²) in [5, 5.41) is 0.927. The first kappa shape index (κ1) is 25.0. The van der Waals surface area contributed by atoms with Crippen molar-refractivity contribution in [1.82, 2.24) is 9.47 Å². The molecule has 0 atom stereocenters. The normalized spacial score (nSPS) is 14.8. The molecule has 9 heteroatoms. The maximum absolute atomic E-state index is 14.3. The number of nitrogens with one attached hydrogen (secondary N) is 1. The second kappa shape index (κ2) is 9.63. The molecule has 6 nitrogen and oxygen atoms in total. The minimum absolute atomic E-state index is 0.0237. The van der Waals surface area contributed by atoms with Gasteiger partial charge in [0.05, 0.1) is 10.5 Å². The molecule has 2 heterocycles. The van der Waals surface area contributed by atoms with Crippen LogP contribution in [0, 0.1) is 18.6 Å². The molecule has 1 amide bonds. The molecule has 0 bridgehead atoms. The smallest absolute Gasteiger partial charge is 0.261 e. The van der Waals surface area contributed by atoms with Crippen LogP contribution in [0.5, 0.6) is 0 Å². The van der Waals surface area contributed by atoms with E-state index < -0.39 is 21.7 Å². The largest absolute Gasteiger partial charge is 0.350 e. The molecule has 192 valence electrons. The number of amides is 1. The summed E-state index contributed by atoms with van der Waals surface area (Å²) in [6.45, 7) is 2.75. The van der Waals surface area contributed by atoms with E-state index in [0.29, 0.717) is 37.2 Å². The number of piperidine rings is 1. The summed E-state index contributed by atoms with van der Waals surface area (Å²) in [5.74, 6) is -1.13. The van der Waals surface area contributed by atoms with Crippen LogP contribution in [0.3, 0.4) is 0 Å². The average Bonchev–Trinajstić information content (AvgIpc) is 3.19. The first-order valence-corrected chi connectivity index (χ1v) is 13.5. The van der Waals surface area contributed by atoms with Gasteiger partial charge in [-0.3, -0.25) is 9.52 Å². The minimum Gasteiger partial charge on any atom is -0.350 e. The molecule has 1 aliphatic rings. The van der Waals surface area contributed by atoms with Crippen LogP contribution in [0.15, 0.2) is 71.8 Å². The highest BCUT2D eigenvalue weighted by Gasteiger charge is 2.28. The van der Waals surface area contributed by atoms with Crippen LogP contribution in [0.4, 0.5) is 14.5 Å². The number of halogens is 2. The van der Waals surface area contributed by atoms with Gasteiger partial charge in [0.25, 0.3) is 15.9 Å². The molecule has 1 saturated heterocycles. The lowest BCUT2D eigenvalue weighted by Crippen LogP contribution is -2.38. The van der Waals surface area contributed by atoms with E-state index in [4.69, 9.17) is 0 Å². The summed E-state index contributed by atoms with van der Waals surface area (Å²) in [6, 6.07) is 14.7. The molecular formula is C28H27F2N3O3S. The first-order valence-electron chi connectivity index (χ1n) is 12.1. The number of hydrogen-bond acceptors (Lipinski definition) is 3. The summed E-state index contributed by atoms with van der Waals surface area (Å²) in [6.07, 6.45) is 3.47. The van der Waals surface area contributed by atoms with E-state index in [0.717, 1.165) is 28.6 Å². The van der Waals surface area contributed by atoms with E-state index in [9.17, 15) is 22.0 Å². The summed E-state index contributed by atoms with van der Waals surface area (Å²) in [4.78, 5) is 14.7. The lowest BCUT2D eigenvalue weighted by atomic mass is 9.88. The van der Waals surface area contributed by atoms with E-state index in [2.05, 4.69) is 4.72 Å². The minimum atomic E-state index is -3.88. The number of fused-ring (bicyclic) bond motifs is 1. The van der Waals surface area contributed by atoms with Gasteiger partial charge in [0.1, 0.15) is 11.6 Å². The van der Waals surface area contributed by atoms with Gasteiger partial charge >= 0.3 is 0 Å². The Morgan fingerprint density at radius 3 is 2.38 bits per heavy atom. The lowest BCUT2D eigenvalue weighted by Gasteiger charge is -2.32. The predicted octanol–water partition coefficient (Wildman–Crippen LogP) is 5.59. The zero-order chi connectivity index (χ0) is 26.3. The molecule has 0 radical (unpaired) electrons. The highest BCUT2D eigenvalue weighted by molar-refractivity contribution is 7.92. The number of likely N-dealkylation sites (tertiary alicyclic amines) is 1. The fourth-order valence-corrected chi connectivity index (χ4v) is 6.14. The van der Waals surface area contributed by atoms with Crippen molar-refractivity contribution in [2.45, 2.75) is 30.6 Å². The fraction of sp³-hybridized carbons (Fsp3) is 0.250. The van der Waals surface area contributed by atoms with E-state index in [1.807, 2.05) is 29.9 Å². The third-order valence-corrected chi connectivity index (χ3v) is 8.45. The van der Waals surface area contributed by atoms with E-state index in [1.165, 1.54) is 18.2 Å². The van der Waals surface area contributed by atoms with Gasteiger partial charge in [-0.25, -0.2) is 17.2 Å². The number of rotatable bonds is 5. The Balaban J connectivity index is 1.36. The molecule has 1 aromatic heterocycles. The Bertz CT molecular complexity index is 1570. The Hall–Kier alpha value is -3.72. The Morgan fingerprint density at radius 1 is 1.00 bits per heavy atom. The zero-order valence-corrected chi connectivity index (χ0v) is 21.4. The van der Waals surface area contributed by atoms with Crippen molar-refractivity contribution in [2.75, 3.05) is 17.8 Å². The number of benzene rings is 3. The number of aromatic nitrogens is 1. The molecule has 0 unspecified atom stereocenters. The molecular weight excluding hydrogens is 496 g/mol. The van der Waals surface area contributed by atoms with Crippen molar-refractivity contribution < 1.29 is 22.0 Å². The van der Waals surface area contributed by atoms with Crippen LogP contribution in [0.2, 0.25) is 0 Å². The zero-order valence-electron chi connectivity index (χ0n) is 20.5. The summed E-state index contributed by atoms with van der Waals surface area (Å²) in [5.41, 5.74) is 3.20. The van der Waals surface area contributed by atoms with Crippen LogP contribution in [0.1, 0.15) is 40.2 Å². The van der Waals surface area contributed by atoms with Gasteiger partial charge in [0.15, 0.2) is 0 Å². The number of nitrogens with zero attached hydrogens (tertiary/aromatic N) is 2. The van der Waals surface area contributed by atoms with Crippen molar-refractivity contribution in [3.05, 3.63) is 95.2 Å². The maximum atomic E-state index is 14.3. The molecule has 0 aliphatic carbocycles. The van der Waals surface area contributed by atoms with Crippen molar-refractivity contribution in [3.63, 3.8) is 0 Å². The van der Waals surface area contributed by atoms with Gasteiger partial charge in [-0.15, -0.1) is 0 Å². The number of sulfonamides is 1. The molecule has 1 aliphatic heterocycles. The van der Waals surface area contributed by atoms with Crippen LogP contribution in [-0.4, -0.2) is 36.9 Å². The molecule has 0 saturated carbocycles. The van der Waals surface area contributed by atoms with Crippen molar-refractivity contribution in [3.8, 4) is 0 Å². The molecule has 1 fully saturated rings. The Kier molecular flexibility index (Phi) is 6.49. The maximum Gasteiger partial charge on any atom is 0.261 e. The van der Waals surface area contributed by atoms with Crippen molar-refractivity contribution in [2.24, 2.45) is 7.05 Å². The number of carbonyl (C=O) groups excluding carboxylic acids is 1. The van der Waals surface area contributed by atoms with E-state index in [1.54, 1.807) is 30.0 Å². The Labute approximate surface area is 214 Å². The van der Waals surface area contributed by atoms with Crippen LogP contribution < -0.4 is 4.72 Å². The Morgan fingerprint density at radius 2 is 1.70 bits per heavy atom. The standard InChI is InChI=1S/C28H27F2N3O3S/c1-18-4-3-5-25(30)27(18)28(34)33-14-12-19(13-15-33)24-17-32(2)26-11-8-21(16-23(24)26)31-37(35,36)22-9-6-20(29)7-10-22/h3-11,16-17,19,31H,12-15H2,1-2H3. The third kappa shape index (κ3) is 4.83. The third-order valence-electron chi connectivity index (χ3n) is 7.05. The van der Waals surface area contributed by atoms with Crippen molar-refractivity contribution in [1.29, 1.82) is 0 Å². The fourth-order valence-electron chi connectivity index (χ4n) is 5.09. The van der Waals surface area contributed by atoms with Crippen molar-refractivity contribution >= 4 is 32.5 Å². The molecule has 37 heavy (non-hydrogen) atoms. The van der Waals surface area contributed by atoms with Crippen LogP contribution in [-0.2, 0) is 17.1 Å². The van der Waals surface area contributed by atoms with E-state index in [-0.39, 0.29) is 22.3 Å². The summed E-state index contributed by atoms with van der Waals surface area (Å²) >= 11 is 0. The van der Waals surface area contributed by atoms with Gasteiger partial charge in [0, 0.05) is 42.9 Å². The highest BCUT2D eigenvalue weighted by atomic mass is 32.2. The van der Waals surface area contributed by atoms with Crippen LogP contribution in [0.25, 0.3) is 10.9 Å². The van der Waals surface area contributed by atoms with Gasteiger partial charge in [-0.2, -0.15) is 0 Å². The summed E-state index contributed by atoms with van der Waals surface area (Å²) in [7, 11) is -1.94. The van der Waals surface area contributed by atoms with Gasteiger partial charge in [-0.05, 0) is 85.3 Å². The lowest BCUT2D eigenvalue weighted by molar-refractivity contribution is 0.0707. The molecule has 5 rings (SSSR count). The number of anilines is 1. The van der Waals surface area contributed by atoms with Gasteiger partial charge in [0.2, 0.25) is 0 Å². The first-order chi connectivity index (χ1) is 17.6. The van der Waals surface area contributed by atoms with Gasteiger partial charge in [-0.1, -0.05) is 12.1 Å². The van der Waals surface area contributed by atoms with Crippen LogP contribution >= 0.6 is 0 Å². The quantitative estimate of drug-likeness (QED) is 0.371. The van der Waals surface area contributed by atoms with Gasteiger partial charge < -0.3 is 9.47 Å². The van der Waals surface area contributed by atoms with E-state index >= 15 is 0 Å². The monoisotopic (exact) mass is 523 g/mol. The second-order valence-electron chi connectivity index (χ2n) is 9.48. The highest BCUT2D eigenvalue weighted by Crippen LogP contribution is 2.36. The number of hydrogen-bond donors (Lipinski definition) is 1. The predicted molar refractivity (Wildman–Crippen MR) is 139 cm³/mol. The molecule has 1 N–H and O–H groups in total. The summed E-state index contributed by atoms with van der Waals surface area (Å²) < 4.78 is 57.8. The topological polar surface area (TPSA) is 71.4 Å². The average molecular weight is 524 g/mol. The SMILES string of the molecule is Cc1cccc(F)c1C(=O)N1CCC(c2cn(C)c3ccc(NS(=O)(=O)c4ccc(F)cc4)cc23)CC1. The molecule has 4 aromatic rings. The number of aryl methyl sites for hydroxylation is 2. The number of carbonyl (C=O) groups is 1.